The Balaban J connectivity index is 2.47. The van der Waals surface area contributed by atoms with Crippen LogP contribution < -0.4 is 5.32 Å². The average molecular weight is 292 g/mol. The Bertz CT molecular complexity index is 407. The van der Waals surface area contributed by atoms with Crippen LogP contribution in [-0.2, 0) is 16.0 Å². The molecule has 4 nitrogen and oxygen atoms in total. The van der Waals surface area contributed by atoms with Gasteiger partial charge in [0, 0.05) is 19.1 Å². The van der Waals surface area contributed by atoms with Crippen LogP contribution in [0.4, 0.5) is 0 Å². The van der Waals surface area contributed by atoms with Crippen LogP contribution in [0.2, 0.25) is 0 Å². The van der Waals surface area contributed by atoms with E-state index < -0.39 is 0 Å². The molecule has 1 unspecified atom stereocenters. The predicted octanol–water partition coefficient (Wildman–Crippen LogP) is 2.09. The SMILES string of the molecule is CCOC(=O)C(CN(C)CCc1ccccc1)NC(C)C. The van der Waals surface area contributed by atoms with E-state index in [0.717, 1.165) is 13.0 Å². The van der Waals surface area contributed by atoms with Gasteiger partial charge < -0.3 is 15.0 Å². The number of carbonyl (C=O) groups is 1. The number of likely N-dealkylation sites (N-methyl/N-ethyl adjacent to an activating group) is 1. The van der Waals surface area contributed by atoms with Gasteiger partial charge in [0.15, 0.2) is 0 Å². The van der Waals surface area contributed by atoms with Gasteiger partial charge in [-0.05, 0) is 26.0 Å². The van der Waals surface area contributed by atoms with E-state index in [-0.39, 0.29) is 18.1 Å². The van der Waals surface area contributed by atoms with Crippen molar-refractivity contribution in [2.45, 2.75) is 39.3 Å². The molecule has 0 aliphatic carbocycles. The lowest BCUT2D eigenvalue weighted by molar-refractivity contribution is -0.146. The summed E-state index contributed by atoms with van der Waals surface area (Å²) in [6.07, 6.45) is 0.981. The highest BCUT2D eigenvalue weighted by molar-refractivity contribution is 5.76. The first-order valence-electron chi connectivity index (χ1n) is 7.68. The van der Waals surface area contributed by atoms with E-state index in [2.05, 4.69) is 34.5 Å². The summed E-state index contributed by atoms with van der Waals surface area (Å²) in [4.78, 5) is 14.1. The fourth-order valence-electron chi connectivity index (χ4n) is 2.21. The summed E-state index contributed by atoms with van der Waals surface area (Å²) in [5.41, 5.74) is 1.31. The minimum atomic E-state index is -0.272. The highest BCUT2D eigenvalue weighted by Crippen LogP contribution is 2.02. The van der Waals surface area contributed by atoms with E-state index in [4.69, 9.17) is 4.74 Å². The number of ether oxygens (including phenoxy) is 1. The zero-order valence-electron chi connectivity index (χ0n) is 13.6. The second kappa shape index (κ2) is 9.53. The van der Waals surface area contributed by atoms with Crippen molar-refractivity contribution in [2.24, 2.45) is 0 Å². The molecule has 0 aliphatic rings. The standard InChI is InChI=1S/C17H28N2O2/c1-5-21-17(20)16(18-14(2)3)13-19(4)12-11-15-9-7-6-8-10-15/h6-10,14,16,18H,5,11-13H2,1-4H3. The van der Waals surface area contributed by atoms with Crippen LogP contribution in [0.15, 0.2) is 30.3 Å². The van der Waals surface area contributed by atoms with Crippen molar-refractivity contribution in [1.29, 1.82) is 0 Å². The Kier molecular flexibility index (Phi) is 8.01. The topological polar surface area (TPSA) is 41.6 Å². The number of rotatable bonds is 9. The molecule has 1 rings (SSSR count). The molecule has 0 aromatic heterocycles. The summed E-state index contributed by atoms with van der Waals surface area (Å²) in [5, 5.41) is 3.28. The molecule has 0 heterocycles. The van der Waals surface area contributed by atoms with E-state index in [9.17, 15) is 4.79 Å². The van der Waals surface area contributed by atoms with Gasteiger partial charge in [-0.1, -0.05) is 44.2 Å². The molecule has 1 N–H and O–H groups in total. The molecule has 0 saturated heterocycles. The van der Waals surface area contributed by atoms with Gasteiger partial charge in [-0.25, -0.2) is 0 Å². The van der Waals surface area contributed by atoms with Crippen LogP contribution in [0.25, 0.3) is 0 Å². The Morgan fingerprint density at radius 3 is 2.52 bits per heavy atom. The Hall–Kier alpha value is -1.39. The highest BCUT2D eigenvalue weighted by Gasteiger charge is 2.21. The van der Waals surface area contributed by atoms with Crippen molar-refractivity contribution >= 4 is 5.97 Å². The largest absolute Gasteiger partial charge is 0.465 e. The highest BCUT2D eigenvalue weighted by atomic mass is 16.5. The summed E-state index contributed by atoms with van der Waals surface area (Å²) in [6, 6.07) is 10.4. The van der Waals surface area contributed by atoms with Gasteiger partial charge in [-0.3, -0.25) is 4.79 Å². The minimum absolute atomic E-state index is 0.169. The van der Waals surface area contributed by atoms with Gasteiger partial charge in [0.05, 0.1) is 6.61 Å². The van der Waals surface area contributed by atoms with Crippen molar-refractivity contribution in [1.82, 2.24) is 10.2 Å². The fourth-order valence-corrected chi connectivity index (χ4v) is 2.21. The molecule has 0 spiro atoms. The average Bonchev–Trinajstić information content (AvgIpc) is 2.45. The van der Waals surface area contributed by atoms with Crippen LogP contribution in [0.1, 0.15) is 26.3 Å². The lowest BCUT2D eigenvalue weighted by Crippen LogP contribution is -2.48. The van der Waals surface area contributed by atoms with Gasteiger partial charge >= 0.3 is 5.97 Å². The number of carbonyl (C=O) groups excluding carboxylic acids is 1. The van der Waals surface area contributed by atoms with Crippen molar-refractivity contribution in [3.8, 4) is 0 Å². The minimum Gasteiger partial charge on any atom is -0.465 e. The van der Waals surface area contributed by atoms with Crippen molar-refractivity contribution in [2.75, 3.05) is 26.7 Å². The van der Waals surface area contributed by atoms with Crippen LogP contribution in [-0.4, -0.2) is 49.7 Å². The Morgan fingerprint density at radius 1 is 1.29 bits per heavy atom. The zero-order chi connectivity index (χ0) is 15.7. The quantitative estimate of drug-likeness (QED) is 0.708. The first kappa shape index (κ1) is 17.7. The molecule has 0 amide bonds. The molecule has 4 heteroatoms. The molecule has 1 aromatic carbocycles. The number of hydrogen-bond donors (Lipinski definition) is 1. The molecular formula is C17H28N2O2. The van der Waals surface area contributed by atoms with Crippen LogP contribution in [0.3, 0.4) is 0 Å². The lowest BCUT2D eigenvalue weighted by atomic mass is 10.1. The van der Waals surface area contributed by atoms with E-state index >= 15 is 0 Å². The molecule has 21 heavy (non-hydrogen) atoms. The van der Waals surface area contributed by atoms with E-state index in [1.165, 1.54) is 5.56 Å². The zero-order valence-corrected chi connectivity index (χ0v) is 13.6. The third-order valence-electron chi connectivity index (χ3n) is 3.22. The van der Waals surface area contributed by atoms with Crippen molar-refractivity contribution in [3.05, 3.63) is 35.9 Å². The summed E-state index contributed by atoms with van der Waals surface area (Å²) in [5.74, 6) is -0.169. The van der Waals surface area contributed by atoms with Gasteiger partial charge in [0.2, 0.25) is 0 Å². The number of esters is 1. The van der Waals surface area contributed by atoms with Crippen LogP contribution in [0, 0.1) is 0 Å². The van der Waals surface area contributed by atoms with Gasteiger partial charge in [0.25, 0.3) is 0 Å². The van der Waals surface area contributed by atoms with Crippen LogP contribution >= 0.6 is 0 Å². The summed E-state index contributed by atoms with van der Waals surface area (Å²) >= 11 is 0. The maximum absolute atomic E-state index is 12.0. The van der Waals surface area contributed by atoms with Crippen LogP contribution in [0.5, 0.6) is 0 Å². The van der Waals surface area contributed by atoms with E-state index in [0.29, 0.717) is 13.2 Å². The second-order valence-electron chi connectivity index (χ2n) is 5.62. The molecule has 0 fully saturated rings. The number of benzene rings is 1. The number of nitrogens with zero attached hydrogens (tertiary/aromatic N) is 1. The second-order valence-corrected chi connectivity index (χ2v) is 5.62. The van der Waals surface area contributed by atoms with Gasteiger partial charge in [-0.2, -0.15) is 0 Å². The molecular weight excluding hydrogens is 264 g/mol. The summed E-state index contributed by atoms with van der Waals surface area (Å²) < 4.78 is 5.14. The molecule has 0 bridgehead atoms. The summed E-state index contributed by atoms with van der Waals surface area (Å²) in [6.45, 7) is 7.90. The molecule has 0 saturated carbocycles. The van der Waals surface area contributed by atoms with E-state index in [1.54, 1.807) is 0 Å². The molecule has 1 aromatic rings. The normalized spacial score (nSPS) is 12.7. The Labute approximate surface area is 128 Å². The molecule has 1 atom stereocenters. The summed E-state index contributed by atoms with van der Waals surface area (Å²) in [7, 11) is 2.04. The monoisotopic (exact) mass is 292 g/mol. The fraction of sp³-hybridized carbons (Fsp3) is 0.588. The first-order valence-corrected chi connectivity index (χ1v) is 7.68. The van der Waals surface area contributed by atoms with Crippen molar-refractivity contribution in [3.63, 3.8) is 0 Å². The molecule has 0 aliphatic heterocycles. The smallest absolute Gasteiger partial charge is 0.324 e. The third kappa shape index (κ3) is 7.25. The number of nitrogens with one attached hydrogen (secondary N) is 1. The van der Waals surface area contributed by atoms with E-state index in [1.807, 2.05) is 33.9 Å². The predicted molar refractivity (Wildman–Crippen MR) is 86.3 cm³/mol. The van der Waals surface area contributed by atoms with Gasteiger partial charge in [0.1, 0.15) is 6.04 Å². The van der Waals surface area contributed by atoms with Gasteiger partial charge in [-0.15, -0.1) is 0 Å². The third-order valence-corrected chi connectivity index (χ3v) is 3.22. The number of hydrogen-bond acceptors (Lipinski definition) is 4. The Morgan fingerprint density at radius 2 is 1.95 bits per heavy atom. The maximum atomic E-state index is 12.0. The lowest BCUT2D eigenvalue weighted by Gasteiger charge is -2.25. The maximum Gasteiger partial charge on any atom is 0.324 e. The van der Waals surface area contributed by atoms with Crippen molar-refractivity contribution < 1.29 is 9.53 Å². The molecule has 0 radical (unpaired) electrons. The molecule has 118 valence electrons. The first-order chi connectivity index (χ1) is 10.0.